The second-order valence-electron chi connectivity index (χ2n) is 6.01. The molecule has 3 unspecified atom stereocenters. The van der Waals surface area contributed by atoms with Crippen molar-refractivity contribution in [1.29, 1.82) is 0 Å². The van der Waals surface area contributed by atoms with E-state index in [-0.39, 0.29) is 5.92 Å². The molecule has 1 aliphatic rings. The highest BCUT2D eigenvalue weighted by Crippen LogP contribution is 2.40. The smallest absolute Gasteiger partial charge is 0.306 e. The first-order chi connectivity index (χ1) is 8.56. The first-order valence-electron chi connectivity index (χ1n) is 7.28. The minimum Gasteiger partial charge on any atom is -0.481 e. The van der Waals surface area contributed by atoms with Crippen LogP contribution in [0.3, 0.4) is 0 Å². The Morgan fingerprint density at radius 3 is 2.61 bits per heavy atom. The molecule has 3 atom stereocenters. The number of unbranched alkanes of at least 4 members (excludes halogenated alkanes) is 1. The van der Waals surface area contributed by atoms with Gasteiger partial charge in [0.1, 0.15) is 0 Å². The van der Waals surface area contributed by atoms with Crippen molar-refractivity contribution in [2.24, 2.45) is 23.7 Å². The Balaban J connectivity index is 2.47. The average Bonchev–Trinajstić information content (AvgIpc) is 2.34. The molecule has 1 N–H and O–H groups in total. The van der Waals surface area contributed by atoms with Crippen molar-refractivity contribution in [2.45, 2.75) is 52.4 Å². The van der Waals surface area contributed by atoms with Crippen LogP contribution < -0.4 is 0 Å². The van der Waals surface area contributed by atoms with Crippen molar-refractivity contribution in [1.82, 2.24) is 0 Å². The molecule has 1 aliphatic carbocycles. The molecule has 1 rings (SSSR count). The van der Waals surface area contributed by atoms with Gasteiger partial charge >= 0.3 is 5.97 Å². The summed E-state index contributed by atoms with van der Waals surface area (Å²) in [5, 5.41) is 9.31. The van der Waals surface area contributed by atoms with Crippen LogP contribution >= 0.6 is 0 Å². The normalized spacial score (nSPS) is 28.6. The fraction of sp³-hybridized carbons (Fsp3) is 0.933. The van der Waals surface area contributed by atoms with Crippen molar-refractivity contribution in [3.63, 3.8) is 0 Å². The molecule has 0 aromatic carbocycles. The second kappa shape index (κ2) is 7.78. The van der Waals surface area contributed by atoms with Gasteiger partial charge in [-0.1, -0.05) is 20.3 Å². The van der Waals surface area contributed by atoms with Crippen LogP contribution in [0.25, 0.3) is 0 Å². The van der Waals surface area contributed by atoms with Gasteiger partial charge in [0.15, 0.2) is 0 Å². The molecule has 0 spiro atoms. The van der Waals surface area contributed by atoms with Crippen LogP contribution in [0.2, 0.25) is 0 Å². The molecule has 0 aromatic heterocycles. The van der Waals surface area contributed by atoms with Gasteiger partial charge in [0, 0.05) is 13.7 Å². The molecule has 18 heavy (non-hydrogen) atoms. The van der Waals surface area contributed by atoms with E-state index >= 15 is 0 Å². The number of ether oxygens (including phenoxy) is 1. The van der Waals surface area contributed by atoms with E-state index in [1.165, 1.54) is 0 Å². The van der Waals surface area contributed by atoms with Crippen LogP contribution in [-0.4, -0.2) is 24.8 Å². The third-order valence-corrected chi connectivity index (χ3v) is 4.46. The highest BCUT2D eigenvalue weighted by atomic mass is 16.5. The van der Waals surface area contributed by atoms with Crippen LogP contribution in [0.5, 0.6) is 0 Å². The summed E-state index contributed by atoms with van der Waals surface area (Å²) in [5.41, 5.74) is 0. The lowest BCUT2D eigenvalue weighted by Gasteiger charge is -2.36. The summed E-state index contributed by atoms with van der Waals surface area (Å²) in [7, 11) is 1.72. The summed E-state index contributed by atoms with van der Waals surface area (Å²) in [5.74, 6) is 1.08. The van der Waals surface area contributed by atoms with E-state index in [2.05, 4.69) is 13.8 Å². The number of carbonyl (C=O) groups is 1. The van der Waals surface area contributed by atoms with Crippen LogP contribution in [0.4, 0.5) is 0 Å². The van der Waals surface area contributed by atoms with Crippen LogP contribution in [0, 0.1) is 23.7 Å². The van der Waals surface area contributed by atoms with Crippen LogP contribution in [-0.2, 0) is 9.53 Å². The summed E-state index contributed by atoms with van der Waals surface area (Å²) in [6.45, 7) is 5.31. The summed E-state index contributed by atoms with van der Waals surface area (Å²) in [6, 6.07) is 0. The maximum absolute atomic E-state index is 11.3. The zero-order valence-corrected chi connectivity index (χ0v) is 12.0. The van der Waals surface area contributed by atoms with Gasteiger partial charge in [0.2, 0.25) is 0 Å². The van der Waals surface area contributed by atoms with Gasteiger partial charge in [-0.3, -0.25) is 4.79 Å². The number of methoxy groups -OCH3 is 1. The number of rotatable bonds is 7. The van der Waals surface area contributed by atoms with Crippen molar-refractivity contribution in [3.8, 4) is 0 Å². The Kier molecular flexibility index (Phi) is 6.69. The predicted octanol–water partition coefficient (Wildman–Crippen LogP) is 3.58. The Morgan fingerprint density at radius 1 is 1.33 bits per heavy atom. The maximum Gasteiger partial charge on any atom is 0.306 e. The molecule has 0 aliphatic heterocycles. The van der Waals surface area contributed by atoms with Crippen molar-refractivity contribution in [3.05, 3.63) is 0 Å². The van der Waals surface area contributed by atoms with E-state index in [4.69, 9.17) is 4.74 Å². The Hall–Kier alpha value is -0.570. The van der Waals surface area contributed by atoms with Crippen LogP contribution in [0.15, 0.2) is 0 Å². The van der Waals surface area contributed by atoms with E-state index in [9.17, 15) is 9.90 Å². The third-order valence-electron chi connectivity index (χ3n) is 4.46. The molecular weight excluding hydrogens is 228 g/mol. The quantitative estimate of drug-likeness (QED) is 0.708. The molecule has 1 fully saturated rings. The topological polar surface area (TPSA) is 46.5 Å². The minimum absolute atomic E-state index is 0.109. The maximum atomic E-state index is 11.3. The lowest BCUT2D eigenvalue weighted by Crippen LogP contribution is -2.32. The molecular formula is C15H28O3. The van der Waals surface area contributed by atoms with E-state index in [1.807, 2.05) is 0 Å². The SMILES string of the molecule is COCCCCC1CC(C(C)C)CCC1C(=O)O. The number of aliphatic carboxylic acids is 1. The highest BCUT2D eigenvalue weighted by Gasteiger charge is 2.35. The predicted molar refractivity (Wildman–Crippen MR) is 72.5 cm³/mol. The first-order valence-corrected chi connectivity index (χ1v) is 7.28. The number of carboxylic acids is 1. The fourth-order valence-electron chi connectivity index (χ4n) is 3.20. The van der Waals surface area contributed by atoms with Gasteiger partial charge in [0.25, 0.3) is 0 Å². The standard InChI is InChI=1S/C15H28O3/c1-11(2)12-7-8-14(15(16)17)13(10-12)6-4-5-9-18-3/h11-14H,4-10H2,1-3H3,(H,16,17). The van der Waals surface area contributed by atoms with Gasteiger partial charge in [-0.25, -0.2) is 0 Å². The Labute approximate surface area is 111 Å². The van der Waals surface area contributed by atoms with Gasteiger partial charge in [-0.2, -0.15) is 0 Å². The largest absolute Gasteiger partial charge is 0.481 e. The number of carboxylic acid groups (broad SMARTS) is 1. The van der Waals surface area contributed by atoms with E-state index in [0.29, 0.717) is 17.8 Å². The van der Waals surface area contributed by atoms with Gasteiger partial charge in [-0.05, 0) is 49.9 Å². The van der Waals surface area contributed by atoms with E-state index in [0.717, 1.165) is 45.1 Å². The number of hydrogen-bond acceptors (Lipinski definition) is 2. The molecule has 0 amide bonds. The molecule has 0 bridgehead atoms. The summed E-state index contributed by atoms with van der Waals surface area (Å²) in [6.07, 6.45) is 6.24. The second-order valence-corrected chi connectivity index (χ2v) is 6.01. The average molecular weight is 256 g/mol. The molecule has 0 heterocycles. The highest BCUT2D eigenvalue weighted by molar-refractivity contribution is 5.70. The summed E-state index contributed by atoms with van der Waals surface area (Å²) < 4.78 is 5.05. The zero-order valence-electron chi connectivity index (χ0n) is 12.0. The molecule has 3 nitrogen and oxygen atoms in total. The number of hydrogen-bond donors (Lipinski definition) is 1. The molecule has 106 valence electrons. The van der Waals surface area contributed by atoms with Gasteiger partial charge < -0.3 is 9.84 Å². The van der Waals surface area contributed by atoms with Crippen molar-refractivity contribution in [2.75, 3.05) is 13.7 Å². The Morgan fingerprint density at radius 2 is 2.06 bits per heavy atom. The molecule has 1 saturated carbocycles. The third kappa shape index (κ3) is 4.60. The lowest BCUT2D eigenvalue weighted by atomic mass is 9.69. The Bertz CT molecular complexity index is 250. The monoisotopic (exact) mass is 256 g/mol. The van der Waals surface area contributed by atoms with Crippen LogP contribution in [0.1, 0.15) is 52.4 Å². The molecule has 0 saturated heterocycles. The van der Waals surface area contributed by atoms with Gasteiger partial charge in [-0.15, -0.1) is 0 Å². The zero-order chi connectivity index (χ0) is 13.5. The minimum atomic E-state index is -0.589. The summed E-state index contributed by atoms with van der Waals surface area (Å²) in [4.78, 5) is 11.3. The molecule has 3 heteroatoms. The summed E-state index contributed by atoms with van der Waals surface area (Å²) >= 11 is 0. The van der Waals surface area contributed by atoms with E-state index < -0.39 is 5.97 Å². The fourth-order valence-corrected chi connectivity index (χ4v) is 3.20. The first kappa shape index (κ1) is 15.5. The van der Waals surface area contributed by atoms with Crippen molar-refractivity contribution >= 4 is 5.97 Å². The molecule has 0 aromatic rings. The van der Waals surface area contributed by atoms with Crippen molar-refractivity contribution < 1.29 is 14.6 Å². The molecule has 0 radical (unpaired) electrons. The van der Waals surface area contributed by atoms with E-state index in [1.54, 1.807) is 7.11 Å². The lowest BCUT2D eigenvalue weighted by molar-refractivity contribution is -0.145. The van der Waals surface area contributed by atoms with Gasteiger partial charge in [0.05, 0.1) is 5.92 Å².